The van der Waals surface area contributed by atoms with E-state index in [2.05, 4.69) is 4.98 Å². The molecule has 5 heteroatoms. The second-order valence-electron chi connectivity index (χ2n) is 5.69. The van der Waals surface area contributed by atoms with Crippen molar-refractivity contribution >= 4 is 22.7 Å². The quantitative estimate of drug-likeness (QED) is 0.791. The third kappa shape index (κ3) is 2.62. The second kappa shape index (κ2) is 6.35. The zero-order valence-corrected chi connectivity index (χ0v) is 14.2. The van der Waals surface area contributed by atoms with E-state index in [-0.39, 0.29) is 11.7 Å². The minimum absolute atomic E-state index is 0.175. The Balaban J connectivity index is 2.14. The van der Waals surface area contributed by atoms with Crippen molar-refractivity contribution in [2.75, 3.05) is 18.8 Å². The van der Waals surface area contributed by atoms with E-state index in [0.29, 0.717) is 29.9 Å². The van der Waals surface area contributed by atoms with Gasteiger partial charge in [0, 0.05) is 18.7 Å². The van der Waals surface area contributed by atoms with Crippen LogP contribution in [0.5, 0.6) is 0 Å². The van der Waals surface area contributed by atoms with Gasteiger partial charge in [0.2, 0.25) is 11.5 Å². The molecule has 0 aliphatic rings. The molecule has 0 spiro atoms. The molecule has 124 valence electrons. The van der Waals surface area contributed by atoms with Gasteiger partial charge in [-0.1, -0.05) is 30.3 Å². The van der Waals surface area contributed by atoms with E-state index in [1.54, 1.807) is 4.90 Å². The SMILES string of the molecule is CCN(CC)C(=O)c1oc2nc(-c3ccccc3)cc(C)c2c1N. The van der Waals surface area contributed by atoms with Crippen LogP contribution in [-0.2, 0) is 0 Å². The fraction of sp³-hybridized carbons (Fsp3) is 0.263. The number of aryl methyl sites for hydroxylation is 1. The predicted octanol–water partition coefficient (Wildman–Crippen LogP) is 3.87. The fourth-order valence-corrected chi connectivity index (χ4v) is 2.88. The monoisotopic (exact) mass is 323 g/mol. The van der Waals surface area contributed by atoms with E-state index in [1.807, 2.05) is 57.2 Å². The number of carbonyl (C=O) groups is 1. The van der Waals surface area contributed by atoms with Crippen molar-refractivity contribution < 1.29 is 9.21 Å². The van der Waals surface area contributed by atoms with Crippen LogP contribution in [0.25, 0.3) is 22.4 Å². The Hall–Kier alpha value is -2.82. The van der Waals surface area contributed by atoms with Gasteiger partial charge in [-0.15, -0.1) is 0 Å². The van der Waals surface area contributed by atoms with Gasteiger partial charge in [0.1, 0.15) is 0 Å². The molecule has 1 aromatic carbocycles. The van der Waals surface area contributed by atoms with Crippen LogP contribution < -0.4 is 5.73 Å². The van der Waals surface area contributed by atoms with E-state index in [0.717, 1.165) is 16.8 Å². The summed E-state index contributed by atoms with van der Waals surface area (Å²) in [5, 5.41) is 0.713. The van der Waals surface area contributed by atoms with E-state index in [9.17, 15) is 4.79 Å². The summed E-state index contributed by atoms with van der Waals surface area (Å²) < 4.78 is 5.76. The fourth-order valence-electron chi connectivity index (χ4n) is 2.88. The highest BCUT2D eigenvalue weighted by molar-refractivity contribution is 6.06. The Morgan fingerprint density at radius 2 is 1.88 bits per heavy atom. The van der Waals surface area contributed by atoms with Gasteiger partial charge in [0.05, 0.1) is 16.8 Å². The molecular weight excluding hydrogens is 302 g/mol. The lowest BCUT2D eigenvalue weighted by Crippen LogP contribution is -2.30. The van der Waals surface area contributed by atoms with Crippen molar-refractivity contribution in [3.05, 3.63) is 47.7 Å². The summed E-state index contributed by atoms with van der Waals surface area (Å²) >= 11 is 0. The summed E-state index contributed by atoms with van der Waals surface area (Å²) in [5.74, 6) is -0.0225. The van der Waals surface area contributed by atoms with E-state index >= 15 is 0 Å². The molecule has 0 radical (unpaired) electrons. The third-order valence-electron chi connectivity index (χ3n) is 4.21. The van der Waals surface area contributed by atoms with Crippen molar-refractivity contribution in [2.24, 2.45) is 0 Å². The van der Waals surface area contributed by atoms with Crippen LogP contribution in [0.3, 0.4) is 0 Å². The topological polar surface area (TPSA) is 72.4 Å². The first-order valence-electron chi connectivity index (χ1n) is 8.11. The highest BCUT2D eigenvalue weighted by atomic mass is 16.4. The summed E-state index contributed by atoms with van der Waals surface area (Å²) in [4.78, 5) is 18.8. The van der Waals surface area contributed by atoms with Crippen molar-refractivity contribution in [1.82, 2.24) is 9.88 Å². The summed E-state index contributed by atoms with van der Waals surface area (Å²) in [7, 11) is 0. The first-order valence-corrected chi connectivity index (χ1v) is 8.11. The van der Waals surface area contributed by atoms with Gasteiger partial charge in [0.25, 0.3) is 5.91 Å². The van der Waals surface area contributed by atoms with E-state index in [4.69, 9.17) is 10.2 Å². The zero-order valence-electron chi connectivity index (χ0n) is 14.2. The van der Waals surface area contributed by atoms with Gasteiger partial charge in [-0.2, -0.15) is 0 Å². The van der Waals surface area contributed by atoms with Crippen LogP contribution in [0.2, 0.25) is 0 Å². The molecule has 2 heterocycles. The number of fused-ring (bicyclic) bond motifs is 1. The standard InChI is InChI=1S/C19H21N3O2/c1-4-22(5-2)19(23)17-16(20)15-12(3)11-14(21-18(15)24-17)13-9-7-6-8-10-13/h6-11H,4-5,20H2,1-3H3. The molecule has 2 aromatic heterocycles. The summed E-state index contributed by atoms with van der Waals surface area (Å²) in [6.07, 6.45) is 0. The molecule has 1 amide bonds. The highest BCUT2D eigenvalue weighted by Crippen LogP contribution is 2.33. The first-order chi connectivity index (χ1) is 11.6. The number of rotatable bonds is 4. The molecule has 3 rings (SSSR count). The maximum atomic E-state index is 12.6. The minimum Gasteiger partial charge on any atom is -0.430 e. The Bertz CT molecular complexity index is 881. The molecule has 0 aliphatic carbocycles. The average molecular weight is 323 g/mol. The number of aromatic nitrogens is 1. The minimum atomic E-state index is -0.198. The van der Waals surface area contributed by atoms with Crippen LogP contribution in [0.1, 0.15) is 30.0 Å². The molecule has 0 saturated heterocycles. The lowest BCUT2D eigenvalue weighted by Gasteiger charge is -2.16. The second-order valence-corrected chi connectivity index (χ2v) is 5.69. The Morgan fingerprint density at radius 3 is 2.50 bits per heavy atom. The van der Waals surface area contributed by atoms with Gasteiger partial charge in [0.15, 0.2) is 0 Å². The van der Waals surface area contributed by atoms with Crippen molar-refractivity contribution in [1.29, 1.82) is 0 Å². The number of pyridine rings is 1. The van der Waals surface area contributed by atoms with Crippen molar-refractivity contribution in [2.45, 2.75) is 20.8 Å². The molecule has 0 atom stereocenters. The van der Waals surface area contributed by atoms with Crippen LogP contribution in [0.15, 0.2) is 40.8 Å². The van der Waals surface area contributed by atoms with Crippen molar-refractivity contribution in [3.63, 3.8) is 0 Å². The molecule has 24 heavy (non-hydrogen) atoms. The van der Waals surface area contributed by atoms with Gasteiger partial charge < -0.3 is 15.1 Å². The highest BCUT2D eigenvalue weighted by Gasteiger charge is 2.24. The number of amides is 1. The predicted molar refractivity (Wildman–Crippen MR) is 95.8 cm³/mol. The number of carbonyl (C=O) groups excluding carboxylic acids is 1. The van der Waals surface area contributed by atoms with Gasteiger partial charge in [-0.3, -0.25) is 4.79 Å². The Morgan fingerprint density at radius 1 is 1.21 bits per heavy atom. The molecule has 0 saturated carbocycles. The summed E-state index contributed by atoms with van der Waals surface area (Å²) in [6.45, 7) is 7.02. The van der Waals surface area contributed by atoms with E-state index in [1.165, 1.54) is 0 Å². The Kier molecular flexibility index (Phi) is 4.25. The molecule has 0 aliphatic heterocycles. The number of nitrogen functional groups attached to an aromatic ring is 1. The van der Waals surface area contributed by atoms with Crippen LogP contribution >= 0.6 is 0 Å². The number of nitrogens with zero attached hydrogens (tertiary/aromatic N) is 2. The molecule has 3 aromatic rings. The molecule has 2 N–H and O–H groups in total. The number of hydrogen-bond donors (Lipinski definition) is 1. The van der Waals surface area contributed by atoms with Gasteiger partial charge in [-0.25, -0.2) is 4.98 Å². The number of benzene rings is 1. The molecule has 0 bridgehead atoms. The number of furan rings is 1. The summed E-state index contributed by atoms with van der Waals surface area (Å²) in [5.41, 5.74) is 9.71. The van der Waals surface area contributed by atoms with Crippen LogP contribution in [0, 0.1) is 6.92 Å². The lowest BCUT2D eigenvalue weighted by atomic mass is 10.1. The number of nitrogens with two attached hydrogens (primary N) is 1. The summed E-state index contributed by atoms with van der Waals surface area (Å²) in [6, 6.07) is 11.8. The van der Waals surface area contributed by atoms with Gasteiger partial charge >= 0.3 is 0 Å². The van der Waals surface area contributed by atoms with Crippen molar-refractivity contribution in [3.8, 4) is 11.3 Å². The zero-order chi connectivity index (χ0) is 17.3. The molecular formula is C19H21N3O2. The largest absolute Gasteiger partial charge is 0.430 e. The first kappa shape index (κ1) is 16.1. The maximum Gasteiger partial charge on any atom is 0.291 e. The maximum absolute atomic E-state index is 12.6. The third-order valence-corrected chi connectivity index (χ3v) is 4.21. The van der Waals surface area contributed by atoms with E-state index < -0.39 is 0 Å². The van der Waals surface area contributed by atoms with Gasteiger partial charge in [-0.05, 0) is 32.4 Å². The number of hydrogen-bond acceptors (Lipinski definition) is 4. The molecule has 0 unspecified atom stereocenters. The smallest absolute Gasteiger partial charge is 0.291 e. The average Bonchev–Trinajstić information content (AvgIpc) is 2.94. The molecule has 5 nitrogen and oxygen atoms in total. The van der Waals surface area contributed by atoms with Crippen LogP contribution in [-0.4, -0.2) is 28.9 Å². The van der Waals surface area contributed by atoms with Crippen LogP contribution in [0.4, 0.5) is 5.69 Å². The molecule has 0 fully saturated rings. The number of anilines is 1. The normalized spacial score (nSPS) is 11.0. The lowest BCUT2D eigenvalue weighted by molar-refractivity contribution is 0.0744. The Labute approximate surface area is 141 Å².